The van der Waals surface area contributed by atoms with Gasteiger partial charge in [-0.05, 0) is 30.8 Å². The van der Waals surface area contributed by atoms with Crippen molar-refractivity contribution in [1.29, 1.82) is 0 Å². The van der Waals surface area contributed by atoms with Crippen LogP contribution in [0.2, 0.25) is 0 Å². The molecule has 0 spiro atoms. The number of hydrogen-bond donors (Lipinski definition) is 1. The highest BCUT2D eigenvalue weighted by atomic mass is 16.3. The topological polar surface area (TPSA) is 20.2 Å². The normalized spacial score (nSPS) is 29.2. The van der Waals surface area contributed by atoms with Crippen LogP contribution in [0.3, 0.4) is 0 Å². The van der Waals surface area contributed by atoms with E-state index in [4.69, 9.17) is 5.11 Å². The quantitative estimate of drug-likeness (QED) is 0.657. The van der Waals surface area contributed by atoms with E-state index in [0.29, 0.717) is 0 Å². The zero-order valence-electron chi connectivity index (χ0n) is 7.35. The molecule has 1 aliphatic rings. The van der Waals surface area contributed by atoms with E-state index in [0.717, 1.165) is 18.4 Å². The maximum atomic E-state index is 8.81. The first-order valence-electron chi connectivity index (χ1n) is 4.07. The summed E-state index contributed by atoms with van der Waals surface area (Å²) in [5, 5.41) is 8.81. The van der Waals surface area contributed by atoms with E-state index in [-0.39, 0.29) is 12.0 Å². The van der Waals surface area contributed by atoms with Crippen LogP contribution in [0.1, 0.15) is 26.7 Å². The highest BCUT2D eigenvalue weighted by Gasteiger charge is 2.34. The molecule has 1 aliphatic carbocycles. The lowest BCUT2D eigenvalue weighted by Gasteiger charge is -2.39. The number of allylic oxidation sites excluding steroid dienone is 3. The molecule has 1 heteroatoms. The molecule has 0 aromatic carbocycles. The minimum Gasteiger partial charge on any atom is -0.396 e. The molecule has 0 aromatic heterocycles. The molecule has 1 nitrogen and oxygen atoms in total. The summed E-state index contributed by atoms with van der Waals surface area (Å²) < 4.78 is 0. The van der Waals surface area contributed by atoms with Crippen molar-refractivity contribution in [2.24, 2.45) is 5.41 Å². The fraction of sp³-hybridized carbons (Fsp3) is 0.600. The molecule has 0 heterocycles. The second-order valence-electron chi connectivity index (χ2n) is 3.64. The first-order valence-corrected chi connectivity index (χ1v) is 4.07. The van der Waals surface area contributed by atoms with Gasteiger partial charge in [0.2, 0.25) is 0 Å². The number of rotatable bonds is 3. The van der Waals surface area contributed by atoms with Crippen molar-refractivity contribution in [2.45, 2.75) is 26.7 Å². The predicted molar refractivity (Wildman–Crippen MR) is 47.3 cm³/mol. The molecule has 0 saturated carbocycles. The van der Waals surface area contributed by atoms with Gasteiger partial charge in [0.25, 0.3) is 0 Å². The van der Waals surface area contributed by atoms with E-state index in [1.165, 1.54) is 5.57 Å². The second-order valence-corrected chi connectivity index (χ2v) is 3.64. The SMILES string of the molecule is C=C(C)C1=CCC1(C)CCO. The smallest absolute Gasteiger partial charge is 0.0439 e. The zero-order valence-corrected chi connectivity index (χ0v) is 7.35. The maximum Gasteiger partial charge on any atom is 0.0439 e. The van der Waals surface area contributed by atoms with Crippen LogP contribution in [0, 0.1) is 5.41 Å². The summed E-state index contributed by atoms with van der Waals surface area (Å²) in [5.41, 5.74) is 2.71. The van der Waals surface area contributed by atoms with Crippen molar-refractivity contribution in [3.63, 3.8) is 0 Å². The number of hydrogen-bond acceptors (Lipinski definition) is 1. The fourth-order valence-electron chi connectivity index (χ4n) is 1.73. The van der Waals surface area contributed by atoms with Crippen molar-refractivity contribution in [1.82, 2.24) is 0 Å². The minimum atomic E-state index is 0.223. The third-order valence-corrected chi connectivity index (χ3v) is 2.53. The van der Waals surface area contributed by atoms with Gasteiger partial charge in [-0.2, -0.15) is 0 Å². The largest absolute Gasteiger partial charge is 0.396 e. The molecular weight excluding hydrogens is 136 g/mol. The van der Waals surface area contributed by atoms with Gasteiger partial charge < -0.3 is 5.11 Å². The molecule has 1 atom stereocenters. The minimum absolute atomic E-state index is 0.223. The Morgan fingerprint density at radius 1 is 1.82 bits per heavy atom. The molecule has 0 bridgehead atoms. The molecule has 0 amide bonds. The maximum absolute atomic E-state index is 8.81. The van der Waals surface area contributed by atoms with Gasteiger partial charge in [-0.1, -0.05) is 25.2 Å². The molecule has 1 rings (SSSR count). The van der Waals surface area contributed by atoms with E-state index in [2.05, 4.69) is 19.6 Å². The molecule has 0 fully saturated rings. The molecule has 1 N–H and O–H groups in total. The average molecular weight is 152 g/mol. The third-order valence-electron chi connectivity index (χ3n) is 2.53. The van der Waals surface area contributed by atoms with E-state index >= 15 is 0 Å². The van der Waals surface area contributed by atoms with Crippen LogP contribution in [-0.4, -0.2) is 11.7 Å². The molecule has 0 saturated heterocycles. The molecule has 0 aliphatic heterocycles. The number of aliphatic hydroxyl groups excluding tert-OH is 1. The average Bonchev–Trinajstić information content (AvgIpc) is 1.85. The van der Waals surface area contributed by atoms with Gasteiger partial charge in [-0.3, -0.25) is 0 Å². The van der Waals surface area contributed by atoms with Crippen molar-refractivity contribution in [3.05, 3.63) is 23.8 Å². The van der Waals surface area contributed by atoms with Crippen molar-refractivity contribution < 1.29 is 5.11 Å². The van der Waals surface area contributed by atoms with Gasteiger partial charge in [-0.15, -0.1) is 0 Å². The molecular formula is C10H16O. The lowest BCUT2D eigenvalue weighted by atomic mass is 9.66. The lowest BCUT2D eigenvalue weighted by Crippen LogP contribution is -2.27. The van der Waals surface area contributed by atoms with Crippen LogP contribution in [-0.2, 0) is 0 Å². The fourth-order valence-corrected chi connectivity index (χ4v) is 1.73. The summed E-state index contributed by atoms with van der Waals surface area (Å²) in [4.78, 5) is 0. The van der Waals surface area contributed by atoms with E-state index in [1.54, 1.807) is 0 Å². The van der Waals surface area contributed by atoms with Gasteiger partial charge in [-0.25, -0.2) is 0 Å². The first-order chi connectivity index (χ1) is 5.10. The summed E-state index contributed by atoms with van der Waals surface area (Å²) in [6.45, 7) is 8.40. The van der Waals surface area contributed by atoms with Crippen molar-refractivity contribution in [3.8, 4) is 0 Å². The standard InChI is InChI=1S/C10H16O/c1-8(2)9-4-5-10(9,3)6-7-11/h4,11H,1,5-7H2,2-3H3. The summed E-state index contributed by atoms with van der Waals surface area (Å²) in [6, 6.07) is 0. The number of aliphatic hydroxyl groups is 1. The Morgan fingerprint density at radius 3 is 2.73 bits per heavy atom. The molecule has 0 aromatic rings. The van der Waals surface area contributed by atoms with Crippen LogP contribution in [0.25, 0.3) is 0 Å². The lowest BCUT2D eigenvalue weighted by molar-refractivity contribution is 0.212. The predicted octanol–water partition coefficient (Wildman–Crippen LogP) is 2.28. The Bertz CT molecular complexity index is 203. The van der Waals surface area contributed by atoms with Gasteiger partial charge in [0.15, 0.2) is 0 Å². The van der Waals surface area contributed by atoms with Crippen molar-refractivity contribution >= 4 is 0 Å². The van der Waals surface area contributed by atoms with Crippen molar-refractivity contribution in [2.75, 3.05) is 6.61 Å². The zero-order chi connectivity index (χ0) is 8.48. The van der Waals surface area contributed by atoms with Crippen LogP contribution >= 0.6 is 0 Å². The van der Waals surface area contributed by atoms with Gasteiger partial charge in [0, 0.05) is 6.61 Å². The third kappa shape index (κ3) is 1.38. The highest BCUT2D eigenvalue weighted by molar-refractivity contribution is 5.39. The Balaban J connectivity index is 2.65. The van der Waals surface area contributed by atoms with E-state index in [9.17, 15) is 0 Å². The molecule has 62 valence electrons. The van der Waals surface area contributed by atoms with E-state index in [1.807, 2.05) is 6.92 Å². The van der Waals surface area contributed by atoms with Gasteiger partial charge in [0.1, 0.15) is 0 Å². The van der Waals surface area contributed by atoms with Crippen LogP contribution in [0.5, 0.6) is 0 Å². The van der Waals surface area contributed by atoms with Crippen LogP contribution in [0.15, 0.2) is 23.8 Å². The van der Waals surface area contributed by atoms with Crippen LogP contribution in [0.4, 0.5) is 0 Å². The van der Waals surface area contributed by atoms with E-state index < -0.39 is 0 Å². The van der Waals surface area contributed by atoms with Gasteiger partial charge in [0.05, 0.1) is 0 Å². The Labute approximate surface area is 68.4 Å². The first kappa shape index (κ1) is 8.54. The Hall–Kier alpha value is -0.560. The Kier molecular flexibility index (Phi) is 2.19. The van der Waals surface area contributed by atoms with Gasteiger partial charge >= 0.3 is 0 Å². The summed E-state index contributed by atoms with van der Waals surface area (Å²) in [6.07, 6.45) is 4.17. The molecule has 11 heavy (non-hydrogen) atoms. The summed E-state index contributed by atoms with van der Waals surface area (Å²) >= 11 is 0. The summed E-state index contributed by atoms with van der Waals surface area (Å²) in [7, 11) is 0. The monoisotopic (exact) mass is 152 g/mol. The molecule has 0 radical (unpaired) electrons. The second kappa shape index (κ2) is 2.82. The molecule has 1 unspecified atom stereocenters. The Morgan fingerprint density at radius 2 is 2.45 bits per heavy atom. The van der Waals surface area contributed by atoms with Crippen LogP contribution < -0.4 is 0 Å². The highest BCUT2D eigenvalue weighted by Crippen LogP contribution is 2.46. The summed E-state index contributed by atoms with van der Waals surface area (Å²) in [5.74, 6) is 0.